The molecule has 1 aromatic heterocycles. The molecule has 0 spiro atoms. The van der Waals surface area contributed by atoms with Crippen molar-refractivity contribution >= 4 is 45.8 Å². The van der Waals surface area contributed by atoms with Gasteiger partial charge in [0.2, 0.25) is 17.7 Å². The van der Waals surface area contributed by atoms with Crippen LogP contribution in [0.5, 0.6) is 0 Å². The number of carbonyl (C=O) groups excluding carboxylic acids is 4. The van der Waals surface area contributed by atoms with Gasteiger partial charge in [-0.05, 0) is 71.8 Å². The maximum atomic E-state index is 13.0. The molecule has 0 saturated carbocycles. The second-order valence-corrected chi connectivity index (χ2v) is 11.9. The Balaban J connectivity index is 0.923. The van der Waals surface area contributed by atoms with Crippen molar-refractivity contribution in [3.8, 4) is 11.3 Å². The molecule has 44 heavy (non-hydrogen) atoms. The van der Waals surface area contributed by atoms with Gasteiger partial charge in [-0.25, -0.2) is 0 Å². The number of benzene rings is 3. The highest BCUT2D eigenvalue weighted by atomic mass is 16.2. The number of nitrogens with one attached hydrogen (secondary N) is 2. The number of anilines is 2. The van der Waals surface area contributed by atoms with Gasteiger partial charge in [0.05, 0.1) is 17.6 Å². The van der Waals surface area contributed by atoms with Crippen LogP contribution in [0.3, 0.4) is 0 Å². The lowest BCUT2D eigenvalue weighted by atomic mass is 9.93. The quantitative estimate of drug-likeness (QED) is 0.310. The summed E-state index contributed by atoms with van der Waals surface area (Å²) in [5.41, 5.74) is 5.11. The Morgan fingerprint density at radius 2 is 1.73 bits per heavy atom. The normalized spacial score (nSPS) is 18.8. The number of rotatable bonds is 6. The number of nitrogens with zero attached hydrogens (tertiary/aromatic N) is 3. The van der Waals surface area contributed by atoms with Crippen molar-refractivity contribution in [1.82, 2.24) is 15.2 Å². The summed E-state index contributed by atoms with van der Waals surface area (Å²) in [6.45, 7) is 2.01. The summed E-state index contributed by atoms with van der Waals surface area (Å²) in [6, 6.07) is 23.5. The molecule has 3 aromatic carbocycles. The first kappa shape index (κ1) is 27.8. The van der Waals surface area contributed by atoms with Gasteiger partial charge in [-0.15, -0.1) is 0 Å². The first-order chi connectivity index (χ1) is 21.4. The fraction of sp³-hybridized carbons (Fsp3) is 0.286. The summed E-state index contributed by atoms with van der Waals surface area (Å²) in [5.74, 6) is -0.729. The highest BCUT2D eigenvalue weighted by Crippen LogP contribution is 2.32. The number of carbonyl (C=O) groups is 4. The highest BCUT2D eigenvalue weighted by molar-refractivity contribution is 6.05. The van der Waals surface area contributed by atoms with Gasteiger partial charge >= 0.3 is 0 Å². The summed E-state index contributed by atoms with van der Waals surface area (Å²) in [5, 5.41) is 7.71. The van der Waals surface area contributed by atoms with Crippen LogP contribution >= 0.6 is 0 Å². The Labute approximate surface area is 255 Å². The summed E-state index contributed by atoms with van der Waals surface area (Å²) < 4.78 is 0. The van der Waals surface area contributed by atoms with E-state index in [0.29, 0.717) is 24.1 Å². The minimum Gasteiger partial charge on any atom is -0.370 e. The molecule has 2 fully saturated rings. The maximum absolute atomic E-state index is 13.0. The number of hydrogen-bond donors (Lipinski definition) is 2. The molecule has 1 unspecified atom stereocenters. The van der Waals surface area contributed by atoms with Crippen LogP contribution in [0.15, 0.2) is 79.0 Å². The van der Waals surface area contributed by atoms with Gasteiger partial charge in [-0.1, -0.05) is 42.5 Å². The largest absolute Gasteiger partial charge is 0.370 e. The van der Waals surface area contributed by atoms with Crippen molar-refractivity contribution in [3.63, 3.8) is 0 Å². The lowest BCUT2D eigenvalue weighted by Gasteiger charge is -2.33. The number of imide groups is 1. The summed E-state index contributed by atoms with van der Waals surface area (Å²) in [4.78, 5) is 58.4. The fourth-order valence-corrected chi connectivity index (χ4v) is 6.70. The van der Waals surface area contributed by atoms with E-state index in [0.717, 1.165) is 48.4 Å². The molecule has 4 aromatic rings. The average Bonchev–Trinajstić information content (AvgIpc) is 3.36. The molecule has 0 bridgehead atoms. The van der Waals surface area contributed by atoms with Gasteiger partial charge in [0, 0.05) is 49.3 Å². The number of hydrogen-bond acceptors (Lipinski definition) is 6. The van der Waals surface area contributed by atoms with E-state index in [9.17, 15) is 19.2 Å². The van der Waals surface area contributed by atoms with Crippen LogP contribution in [0, 0.1) is 5.92 Å². The van der Waals surface area contributed by atoms with Gasteiger partial charge in [0.15, 0.2) is 0 Å². The van der Waals surface area contributed by atoms with Crippen molar-refractivity contribution < 1.29 is 19.2 Å². The second kappa shape index (κ2) is 11.6. The molecule has 0 aliphatic carbocycles. The van der Waals surface area contributed by atoms with Gasteiger partial charge in [-0.3, -0.25) is 29.5 Å². The molecule has 222 valence electrons. The Bertz CT molecular complexity index is 1770. The van der Waals surface area contributed by atoms with Crippen LogP contribution in [0.25, 0.3) is 22.0 Å². The van der Waals surface area contributed by atoms with E-state index in [-0.39, 0.29) is 36.6 Å². The summed E-state index contributed by atoms with van der Waals surface area (Å²) in [6.07, 6.45) is 4.75. The number of fused-ring (bicyclic) bond motifs is 2. The molecule has 4 heterocycles. The molecular formula is C35H33N5O4. The van der Waals surface area contributed by atoms with Crippen molar-refractivity contribution in [1.29, 1.82) is 0 Å². The average molecular weight is 588 g/mol. The lowest BCUT2D eigenvalue weighted by Crippen LogP contribution is -2.52. The topological polar surface area (TPSA) is 112 Å². The molecule has 3 aliphatic rings. The van der Waals surface area contributed by atoms with E-state index in [1.165, 1.54) is 15.7 Å². The van der Waals surface area contributed by atoms with Gasteiger partial charge in [-0.2, -0.15) is 0 Å². The van der Waals surface area contributed by atoms with Crippen molar-refractivity contribution in [2.24, 2.45) is 5.92 Å². The summed E-state index contributed by atoms with van der Waals surface area (Å²) >= 11 is 0. The zero-order valence-electron chi connectivity index (χ0n) is 24.3. The molecule has 4 amide bonds. The van der Waals surface area contributed by atoms with E-state index < -0.39 is 11.9 Å². The molecule has 3 aliphatic heterocycles. The van der Waals surface area contributed by atoms with Gasteiger partial charge < -0.3 is 15.1 Å². The number of aromatic nitrogens is 1. The van der Waals surface area contributed by atoms with Crippen molar-refractivity contribution in [2.45, 2.75) is 44.7 Å². The Hall–Kier alpha value is -5.05. The molecule has 0 radical (unpaired) electrons. The van der Waals surface area contributed by atoms with E-state index in [2.05, 4.69) is 64.1 Å². The first-order valence-electron chi connectivity index (χ1n) is 15.2. The monoisotopic (exact) mass is 587 g/mol. The smallest absolute Gasteiger partial charge is 0.255 e. The zero-order valence-corrected chi connectivity index (χ0v) is 24.3. The number of amides is 4. The van der Waals surface area contributed by atoms with E-state index >= 15 is 0 Å². The second-order valence-electron chi connectivity index (χ2n) is 11.9. The molecular weight excluding hydrogens is 554 g/mol. The van der Waals surface area contributed by atoms with E-state index in [4.69, 9.17) is 4.98 Å². The minimum atomic E-state index is -0.658. The number of pyridine rings is 1. The van der Waals surface area contributed by atoms with Gasteiger partial charge in [0.25, 0.3) is 5.91 Å². The third-order valence-corrected chi connectivity index (χ3v) is 9.07. The predicted octanol–water partition coefficient (Wildman–Crippen LogP) is 4.91. The van der Waals surface area contributed by atoms with Crippen LogP contribution in [-0.4, -0.2) is 52.6 Å². The van der Waals surface area contributed by atoms with Crippen LogP contribution in [-0.2, 0) is 20.9 Å². The van der Waals surface area contributed by atoms with E-state index in [1.54, 1.807) is 12.1 Å². The van der Waals surface area contributed by atoms with Gasteiger partial charge in [0.1, 0.15) is 6.04 Å². The molecule has 9 nitrogen and oxygen atoms in total. The molecule has 9 heteroatoms. The van der Waals surface area contributed by atoms with Crippen LogP contribution in [0.1, 0.15) is 48.0 Å². The predicted molar refractivity (Wildman–Crippen MR) is 168 cm³/mol. The molecule has 2 N–H and O–H groups in total. The third kappa shape index (κ3) is 5.41. The lowest BCUT2D eigenvalue weighted by molar-refractivity contribution is -0.137. The minimum absolute atomic E-state index is 0.0455. The SMILES string of the molecule is O=C1CCC(N2Cc3cc(NC(=O)CC4CCN(c5ccc(-c6cccc7ccccc67)nc5)CC4)ccc3C2=O)C(=O)N1. The van der Waals surface area contributed by atoms with Crippen LogP contribution in [0.4, 0.5) is 11.4 Å². The zero-order chi connectivity index (χ0) is 30.2. The fourth-order valence-electron chi connectivity index (χ4n) is 6.70. The maximum Gasteiger partial charge on any atom is 0.255 e. The Morgan fingerprint density at radius 3 is 2.52 bits per heavy atom. The number of piperidine rings is 2. The molecule has 7 rings (SSSR count). The standard InChI is InChI=1S/C35H33N5O4/c41-32-13-12-31(34(43)38-32)40-21-24-19-25(8-10-28(24)35(40)44)37-33(42)18-22-14-16-39(17-15-22)26-9-11-30(36-20-26)29-7-3-5-23-4-1-2-6-27(23)29/h1-11,19-20,22,31H,12-18,21H2,(H,37,42)(H,38,41,43). The van der Waals surface area contributed by atoms with Crippen molar-refractivity contribution in [3.05, 3.63) is 90.1 Å². The van der Waals surface area contributed by atoms with E-state index in [1.807, 2.05) is 18.3 Å². The summed E-state index contributed by atoms with van der Waals surface area (Å²) in [7, 11) is 0. The Morgan fingerprint density at radius 1 is 0.909 bits per heavy atom. The third-order valence-electron chi connectivity index (χ3n) is 9.07. The molecule has 1 atom stereocenters. The molecule has 2 saturated heterocycles. The Kier molecular flexibility index (Phi) is 7.29. The van der Waals surface area contributed by atoms with Crippen molar-refractivity contribution in [2.75, 3.05) is 23.3 Å². The highest BCUT2D eigenvalue weighted by Gasteiger charge is 2.39. The first-order valence-corrected chi connectivity index (χ1v) is 15.2. The van der Waals surface area contributed by atoms with Crippen LogP contribution < -0.4 is 15.5 Å². The van der Waals surface area contributed by atoms with Crippen LogP contribution in [0.2, 0.25) is 0 Å².